The minimum absolute atomic E-state index is 0. The Labute approximate surface area is 382 Å². The molecule has 0 spiro atoms. The Bertz CT molecular complexity index is 1950. The number of phosphoric acid groups is 1. The Morgan fingerprint density at radius 1 is 1.10 bits per heavy atom. The van der Waals surface area contributed by atoms with Crippen LogP contribution in [-0.4, -0.2) is 157 Å². The second kappa shape index (κ2) is 24.9. The summed E-state index contributed by atoms with van der Waals surface area (Å²) in [7, 11) is -5.67. The van der Waals surface area contributed by atoms with Crippen molar-refractivity contribution in [3.8, 4) is 0 Å². The maximum Gasteiger partial charge on any atom is 1.00 e. The quantitative estimate of drug-likeness (QED) is 0.0266. The average molecular weight is 926 g/mol. The number of nitrogens with two attached hydrogens (primary N) is 1. The van der Waals surface area contributed by atoms with E-state index in [1.54, 1.807) is 12.1 Å². The Kier molecular flexibility index (Phi) is 21.3. The first-order valence-electron chi connectivity index (χ1n) is 19.6. The molecule has 63 heavy (non-hydrogen) atoms. The Morgan fingerprint density at radius 2 is 1.79 bits per heavy atom. The van der Waals surface area contributed by atoms with Crippen LogP contribution in [-0.2, 0) is 48.6 Å². The fraction of sp³-hybridized carbons (Fsp3) is 0.622. The predicted octanol–water partition coefficient (Wildman–Crippen LogP) is -7.24. The molecule has 3 heterocycles. The van der Waals surface area contributed by atoms with Gasteiger partial charge in [-0.05, 0) is 36.6 Å². The van der Waals surface area contributed by atoms with Crippen LogP contribution < -0.4 is 56.7 Å². The zero-order valence-corrected chi connectivity index (χ0v) is 37.5. The molecule has 1 aromatic heterocycles. The van der Waals surface area contributed by atoms with Gasteiger partial charge in [0, 0.05) is 50.1 Å². The number of rotatable bonds is 24. The number of aliphatic hydroxyl groups excluding tert-OH is 6. The Balaban J connectivity index is 0.0000106. The van der Waals surface area contributed by atoms with E-state index in [1.165, 1.54) is 6.07 Å². The molecule has 11 N–H and O–H groups in total. The van der Waals surface area contributed by atoms with Crippen LogP contribution in [0.2, 0.25) is 0 Å². The van der Waals surface area contributed by atoms with Crippen LogP contribution in [0, 0.1) is 5.92 Å². The Hall–Kier alpha value is -3.27. The van der Waals surface area contributed by atoms with Crippen molar-refractivity contribution in [2.24, 2.45) is 5.92 Å². The fourth-order valence-corrected chi connectivity index (χ4v) is 7.66. The molecule has 2 fully saturated rings. The number of aryl methyl sites for hydroxylation is 1. The van der Waals surface area contributed by atoms with E-state index in [0.717, 1.165) is 29.2 Å². The van der Waals surface area contributed by atoms with Gasteiger partial charge in [-0.15, -0.1) is 0 Å². The number of carbonyl (C=O) groups excluding carboxylic acids is 4. The molecule has 0 aliphatic carbocycles. The van der Waals surface area contributed by atoms with Crippen LogP contribution in [0.25, 0.3) is 0 Å². The molecular formula is C37H53N5NaO19P. The van der Waals surface area contributed by atoms with Crippen molar-refractivity contribution in [2.75, 3.05) is 45.3 Å². The number of ketones is 1. The van der Waals surface area contributed by atoms with Gasteiger partial charge >= 0.3 is 43.1 Å². The molecule has 2 amide bonds. The maximum atomic E-state index is 13.1. The van der Waals surface area contributed by atoms with E-state index in [4.69, 9.17) is 29.0 Å². The number of hydrogen-bond donors (Lipinski definition) is 10. The Morgan fingerprint density at radius 3 is 2.43 bits per heavy atom. The molecule has 0 radical (unpaired) electrons. The van der Waals surface area contributed by atoms with Crippen LogP contribution in [0.3, 0.4) is 0 Å². The third kappa shape index (κ3) is 15.1. The number of hydrogen-bond acceptors (Lipinski definition) is 20. The van der Waals surface area contributed by atoms with Gasteiger partial charge in [0.15, 0.2) is 12.0 Å². The number of aliphatic carboxylic acids is 1. The van der Waals surface area contributed by atoms with E-state index >= 15 is 0 Å². The molecule has 11 atom stereocenters. The zero-order chi connectivity index (χ0) is 45.8. The number of nitrogens with zero attached hydrogens (tertiary/aromatic N) is 2. The monoisotopic (exact) mass is 925 g/mol. The molecule has 346 valence electrons. The third-order valence-electron chi connectivity index (χ3n) is 10.0. The molecule has 2 aliphatic heterocycles. The number of amides is 2. The van der Waals surface area contributed by atoms with Crippen molar-refractivity contribution in [1.29, 1.82) is 0 Å². The smallest absolute Gasteiger partial charge is 0.544 e. The number of aliphatic hydroxyl groups is 6. The summed E-state index contributed by atoms with van der Waals surface area (Å²) in [6, 6.07) is 8.50. The van der Waals surface area contributed by atoms with Crippen LogP contribution in [0.15, 0.2) is 41.3 Å². The van der Waals surface area contributed by atoms with E-state index in [0.29, 0.717) is 18.5 Å². The number of Topliss-reactive ketones (excluding diaryl/α,β-unsaturated/α-hetero) is 1. The summed E-state index contributed by atoms with van der Waals surface area (Å²) >= 11 is 0. The molecule has 26 heteroatoms. The number of phosphoric ester groups is 1. The van der Waals surface area contributed by atoms with Gasteiger partial charge in [0.2, 0.25) is 11.7 Å². The molecule has 24 nitrogen and oxygen atoms in total. The minimum atomic E-state index is -5.67. The van der Waals surface area contributed by atoms with Gasteiger partial charge in [-0.25, -0.2) is 13.9 Å². The second-order valence-electron chi connectivity index (χ2n) is 14.7. The van der Waals surface area contributed by atoms with Crippen molar-refractivity contribution >= 4 is 37.2 Å². The van der Waals surface area contributed by atoms with Gasteiger partial charge in [0.25, 0.3) is 5.91 Å². The summed E-state index contributed by atoms with van der Waals surface area (Å²) in [4.78, 5) is 76.4. The summed E-state index contributed by atoms with van der Waals surface area (Å²) in [5.41, 5.74) is 6.14. The normalized spacial score (nSPS) is 26.4. The van der Waals surface area contributed by atoms with Crippen molar-refractivity contribution in [1.82, 2.24) is 20.2 Å². The maximum absolute atomic E-state index is 13.1. The van der Waals surface area contributed by atoms with Gasteiger partial charge in [-0.2, -0.15) is 4.98 Å². The van der Waals surface area contributed by atoms with E-state index in [1.807, 2.05) is 12.1 Å². The van der Waals surface area contributed by atoms with E-state index in [-0.39, 0.29) is 60.9 Å². The van der Waals surface area contributed by atoms with E-state index in [2.05, 4.69) is 22.5 Å². The predicted molar refractivity (Wildman–Crippen MR) is 207 cm³/mol. The first kappa shape index (κ1) is 54.1. The molecular weight excluding hydrogens is 872 g/mol. The number of anilines is 1. The van der Waals surface area contributed by atoms with Gasteiger partial charge in [0.1, 0.15) is 42.3 Å². The van der Waals surface area contributed by atoms with Crippen LogP contribution in [0.4, 0.5) is 5.82 Å². The summed E-state index contributed by atoms with van der Waals surface area (Å²) in [5.74, 6) is -9.14. The van der Waals surface area contributed by atoms with E-state index in [9.17, 15) is 69.2 Å². The van der Waals surface area contributed by atoms with Gasteiger partial charge in [-0.1, -0.05) is 25.5 Å². The number of carbonyl (C=O) groups is 4. The van der Waals surface area contributed by atoms with Crippen LogP contribution >= 0.6 is 7.82 Å². The largest absolute Gasteiger partial charge is 1.00 e. The molecule has 0 saturated carbocycles. The molecule has 2 saturated heterocycles. The number of nitrogens with one attached hydrogen (secondary N) is 2. The van der Waals surface area contributed by atoms with Gasteiger partial charge < -0.3 is 76.0 Å². The fourth-order valence-electron chi connectivity index (χ4n) is 6.70. The van der Waals surface area contributed by atoms with Crippen LogP contribution in [0.1, 0.15) is 61.2 Å². The topological polar surface area (TPSA) is 381 Å². The number of aromatic nitrogens is 2. The minimum Gasteiger partial charge on any atom is -0.544 e. The first-order valence-corrected chi connectivity index (χ1v) is 21.1. The number of carboxylic acid groups (broad SMARTS) is 1. The molecule has 0 bridgehead atoms. The van der Waals surface area contributed by atoms with Crippen molar-refractivity contribution in [3.05, 3.63) is 58.1 Å². The standard InChI is InChI=1S/C37H54N5O19P.Na/c1-2-4-20-5-7-21(8-6-20)33(51)39-11-3-13-57-14-10-28(47)40-17-22(44)15-23-24(45)16-37(35(52)53,60-32(23)29(48)25(46)18-43)61-62(55,56)58-19-26-30(49)31(50)34(59-26)42-12-9-27(38)41-36(42)54;/h5-9,12,23-26,29-32,34,43,45-46,48-50H,2-4,10-11,13-19H2,1H3,(H,39,51)(H,40,47)(H,52,53)(H,55,56)(H2,38,41,54);/q;+1/p-1/t23?,24?,25-,26-,29?,30+,31?,32?,34-,37?;/m1./s1. The molecule has 7 unspecified atom stereocenters. The van der Waals surface area contributed by atoms with Crippen molar-refractivity contribution < 1.29 is 117 Å². The summed E-state index contributed by atoms with van der Waals surface area (Å²) < 4.78 is 39.8. The summed E-state index contributed by atoms with van der Waals surface area (Å²) in [6.07, 6.45) is -14.0. The molecule has 4 rings (SSSR count). The number of nitrogen functional groups attached to an aromatic ring is 1. The number of ether oxygens (including phenoxy) is 3. The average Bonchev–Trinajstić information content (AvgIpc) is 3.50. The van der Waals surface area contributed by atoms with Gasteiger partial charge in [0.05, 0.1) is 38.6 Å². The third-order valence-corrected chi connectivity index (χ3v) is 11.0. The first-order chi connectivity index (χ1) is 29.3. The molecule has 2 aliphatic rings. The number of carboxylic acids is 1. The van der Waals surface area contributed by atoms with Crippen molar-refractivity contribution in [2.45, 2.75) is 100 Å². The van der Waals surface area contributed by atoms with Crippen LogP contribution in [0.5, 0.6) is 0 Å². The zero-order valence-electron chi connectivity index (χ0n) is 34.6. The molecule has 1 aromatic carbocycles. The SMILES string of the molecule is CCCc1ccc(C(=O)NCCCOCCC(=O)NCC(=O)CC2C(O)CC(OP(=O)(O)OC[C@H]3O[C@@H](n4ccc(N)nc4=O)C(O)[C@H]3O)(C(=O)[O-])OC2C(O)[C@H](O)CO)cc1.[Na+]. The van der Waals surface area contributed by atoms with E-state index < -0.39 is 124 Å². The summed E-state index contributed by atoms with van der Waals surface area (Å²) in [6.45, 7) is -0.248. The molecule has 2 aromatic rings. The summed E-state index contributed by atoms with van der Waals surface area (Å²) in [5, 5.41) is 80.1. The number of benzene rings is 1. The second-order valence-corrected chi connectivity index (χ2v) is 16.1. The van der Waals surface area contributed by atoms with Crippen molar-refractivity contribution in [3.63, 3.8) is 0 Å². The van der Waals surface area contributed by atoms with Gasteiger partial charge in [-0.3, -0.25) is 23.5 Å².